The Morgan fingerprint density at radius 3 is 2.71 bits per heavy atom. The third kappa shape index (κ3) is 3.27. The van der Waals surface area contributed by atoms with E-state index in [-0.39, 0.29) is 16.7 Å². The van der Waals surface area contributed by atoms with Crippen molar-refractivity contribution >= 4 is 19.7 Å². The molecule has 1 spiro atoms. The van der Waals surface area contributed by atoms with E-state index in [1.165, 1.54) is 25.5 Å². The third-order valence-electron chi connectivity index (χ3n) is 4.71. The maximum absolute atomic E-state index is 11.3. The summed E-state index contributed by atoms with van der Waals surface area (Å²) in [5, 5.41) is -0.0768. The average Bonchev–Trinajstić information content (AvgIpc) is 2.96. The molecule has 1 atom stereocenters. The molecule has 0 bridgehead atoms. The van der Waals surface area contributed by atoms with Crippen LogP contribution in [-0.2, 0) is 20.3 Å². The highest BCUT2D eigenvalue weighted by Crippen LogP contribution is 2.42. The Morgan fingerprint density at radius 2 is 2.10 bits per heavy atom. The molecule has 118 valence electrons. The van der Waals surface area contributed by atoms with Gasteiger partial charge in [-0.15, -0.1) is 0 Å². The minimum absolute atomic E-state index is 0.0768. The van der Waals surface area contributed by atoms with Crippen molar-refractivity contribution < 1.29 is 13.2 Å². The van der Waals surface area contributed by atoms with Crippen LogP contribution >= 0.6 is 10.7 Å². The molecule has 1 aliphatic carbocycles. The fraction of sp³-hybridized carbons (Fsp3) is 0.786. The van der Waals surface area contributed by atoms with Crippen molar-refractivity contribution in [2.75, 3.05) is 0 Å². The van der Waals surface area contributed by atoms with Gasteiger partial charge in [-0.1, -0.05) is 19.3 Å². The first kappa shape index (κ1) is 15.3. The quantitative estimate of drug-likeness (QED) is 0.798. The number of aromatic nitrogens is 2. The van der Waals surface area contributed by atoms with Crippen molar-refractivity contribution in [2.45, 2.75) is 75.1 Å². The van der Waals surface area contributed by atoms with E-state index in [0.717, 1.165) is 25.7 Å². The van der Waals surface area contributed by atoms with Crippen molar-refractivity contribution in [1.29, 1.82) is 0 Å². The number of hydrogen-bond acceptors (Lipinski definition) is 4. The first-order valence-electron chi connectivity index (χ1n) is 7.54. The molecule has 5 nitrogen and oxygen atoms in total. The molecule has 0 radical (unpaired) electrons. The van der Waals surface area contributed by atoms with Gasteiger partial charge in [0.05, 0.1) is 18.2 Å². The lowest BCUT2D eigenvalue weighted by Gasteiger charge is -2.33. The molecule has 2 aliphatic rings. The lowest BCUT2D eigenvalue weighted by molar-refractivity contribution is -0.0681. The maximum Gasteiger partial charge on any atom is 0.280 e. The van der Waals surface area contributed by atoms with Gasteiger partial charge in [0.1, 0.15) is 5.82 Å². The summed E-state index contributed by atoms with van der Waals surface area (Å²) in [5.41, 5.74) is 0.0821. The highest BCUT2D eigenvalue weighted by atomic mass is 35.7. The fourth-order valence-corrected chi connectivity index (χ4v) is 4.31. The summed E-state index contributed by atoms with van der Waals surface area (Å²) in [5.74, 6) is 0.655. The first-order chi connectivity index (χ1) is 9.88. The van der Waals surface area contributed by atoms with Gasteiger partial charge in [-0.3, -0.25) is 0 Å². The van der Waals surface area contributed by atoms with Crippen molar-refractivity contribution in [3.05, 3.63) is 12.0 Å². The molecule has 7 heteroatoms. The van der Waals surface area contributed by atoms with Crippen molar-refractivity contribution in [3.63, 3.8) is 0 Å². The molecule has 21 heavy (non-hydrogen) atoms. The summed E-state index contributed by atoms with van der Waals surface area (Å²) in [7, 11) is 1.58. The lowest BCUT2D eigenvalue weighted by atomic mass is 9.83. The van der Waals surface area contributed by atoms with E-state index in [1.54, 1.807) is 6.92 Å². The normalized spacial score (nSPS) is 25.5. The summed E-state index contributed by atoms with van der Waals surface area (Å²) in [6.45, 7) is 2.43. The van der Waals surface area contributed by atoms with Crippen molar-refractivity contribution in [3.8, 4) is 0 Å². The zero-order chi connectivity index (χ0) is 15.1. The molecule has 0 aromatic carbocycles. The molecule has 1 aromatic heterocycles. The Labute approximate surface area is 130 Å². The van der Waals surface area contributed by atoms with Crippen LogP contribution in [0.4, 0.5) is 0 Å². The Balaban J connectivity index is 1.69. The Kier molecular flexibility index (Phi) is 4.05. The maximum atomic E-state index is 11.3. The average molecular weight is 333 g/mol. The van der Waals surface area contributed by atoms with E-state index >= 15 is 0 Å². The summed E-state index contributed by atoms with van der Waals surface area (Å²) in [6.07, 6.45) is 9.94. The lowest BCUT2D eigenvalue weighted by Crippen LogP contribution is -2.32. The Bertz CT molecular complexity index is 620. The van der Waals surface area contributed by atoms with Gasteiger partial charge in [0.2, 0.25) is 0 Å². The van der Waals surface area contributed by atoms with E-state index < -0.39 is 9.05 Å². The molecular weight excluding hydrogens is 312 g/mol. The van der Waals surface area contributed by atoms with Gasteiger partial charge in [0.15, 0.2) is 5.03 Å². The highest BCUT2D eigenvalue weighted by Gasteiger charge is 2.40. The summed E-state index contributed by atoms with van der Waals surface area (Å²) in [4.78, 5) is 4.02. The second-order valence-electron chi connectivity index (χ2n) is 6.24. The topological polar surface area (TPSA) is 61.2 Å². The summed E-state index contributed by atoms with van der Waals surface area (Å²) >= 11 is 0. The molecular formula is C14H21ClN2O3S. The van der Waals surface area contributed by atoms with Gasteiger partial charge in [0, 0.05) is 16.9 Å². The van der Waals surface area contributed by atoms with Gasteiger partial charge < -0.3 is 9.30 Å². The zero-order valence-corrected chi connectivity index (χ0v) is 13.8. The monoisotopic (exact) mass is 332 g/mol. The molecule has 2 fully saturated rings. The van der Waals surface area contributed by atoms with Gasteiger partial charge in [0.25, 0.3) is 9.05 Å². The summed E-state index contributed by atoms with van der Waals surface area (Å²) in [6, 6.07) is 0. The van der Waals surface area contributed by atoms with Crippen LogP contribution in [0.25, 0.3) is 0 Å². The van der Waals surface area contributed by atoms with Gasteiger partial charge in [-0.2, -0.15) is 0 Å². The second kappa shape index (κ2) is 5.56. The van der Waals surface area contributed by atoms with E-state index in [4.69, 9.17) is 15.4 Å². The fourth-order valence-electron chi connectivity index (χ4n) is 3.59. The number of aryl methyl sites for hydroxylation is 1. The molecule has 1 unspecified atom stereocenters. The van der Waals surface area contributed by atoms with Crippen LogP contribution in [-0.4, -0.2) is 29.7 Å². The van der Waals surface area contributed by atoms with Gasteiger partial charge >= 0.3 is 0 Å². The minimum Gasteiger partial charge on any atom is -0.370 e. The number of rotatable bonds is 3. The second-order valence-corrected chi connectivity index (χ2v) is 8.75. The predicted octanol–water partition coefficient (Wildman–Crippen LogP) is 3.00. The number of halogens is 1. The van der Waals surface area contributed by atoms with Crippen LogP contribution in [0, 0.1) is 6.92 Å². The van der Waals surface area contributed by atoms with E-state index in [0.29, 0.717) is 12.4 Å². The largest absolute Gasteiger partial charge is 0.370 e. The van der Waals surface area contributed by atoms with Gasteiger partial charge in [-0.05, 0) is 32.6 Å². The molecule has 0 N–H and O–H groups in total. The molecule has 1 saturated carbocycles. The van der Waals surface area contributed by atoms with Crippen molar-refractivity contribution in [1.82, 2.24) is 9.55 Å². The number of imidazole rings is 1. The number of nitrogens with zero attached hydrogens (tertiary/aromatic N) is 2. The SMILES string of the molecule is Cc1nc(S(=O)(=O)Cl)cn1CC1CCC2(CCCCC2)O1. The molecule has 2 heterocycles. The van der Waals surface area contributed by atoms with Crippen LogP contribution in [0.5, 0.6) is 0 Å². The first-order valence-corrected chi connectivity index (χ1v) is 9.85. The molecule has 1 aliphatic heterocycles. The van der Waals surface area contributed by atoms with E-state index in [1.807, 2.05) is 4.57 Å². The van der Waals surface area contributed by atoms with Crippen LogP contribution in [0.3, 0.4) is 0 Å². The Hall–Kier alpha value is -0.590. The molecule has 0 amide bonds. The van der Waals surface area contributed by atoms with Gasteiger partial charge in [-0.25, -0.2) is 13.4 Å². The number of hydrogen-bond donors (Lipinski definition) is 0. The Morgan fingerprint density at radius 1 is 1.38 bits per heavy atom. The number of ether oxygens (including phenoxy) is 1. The van der Waals surface area contributed by atoms with Crippen molar-refractivity contribution in [2.24, 2.45) is 0 Å². The van der Waals surface area contributed by atoms with Crippen LogP contribution < -0.4 is 0 Å². The molecule has 3 rings (SSSR count). The third-order valence-corrected chi connectivity index (χ3v) is 5.88. The van der Waals surface area contributed by atoms with E-state index in [2.05, 4.69) is 4.98 Å². The minimum atomic E-state index is -3.77. The zero-order valence-electron chi connectivity index (χ0n) is 12.2. The predicted molar refractivity (Wildman–Crippen MR) is 79.9 cm³/mol. The smallest absolute Gasteiger partial charge is 0.280 e. The van der Waals surface area contributed by atoms with Crippen LogP contribution in [0.15, 0.2) is 11.2 Å². The standard InChI is InChI=1S/C14H21ClN2O3S/c1-11-16-13(21(15,18)19)10-17(11)9-12-5-8-14(20-12)6-3-2-4-7-14/h10,12H,2-9H2,1H3. The van der Waals surface area contributed by atoms with E-state index in [9.17, 15) is 8.42 Å². The molecule has 1 saturated heterocycles. The van der Waals surface area contributed by atoms with Crippen LogP contribution in [0.2, 0.25) is 0 Å². The summed E-state index contributed by atoms with van der Waals surface area (Å²) < 4.78 is 30.8. The molecule has 1 aromatic rings. The van der Waals surface area contributed by atoms with Crippen LogP contribution in [0.1, 0.15) is 50.8 Å². The highest BCUT2D eigenvalue weighted by molar-refractivity contribution is 8.13.